The van der Waals surface area contributed by atoms with E-state index < -0.39 is 0 Å². The van der Waals surface area contributed by atoms with Gasteiger partial charge in [0.15, 0.2) is 0 Å². The minimum Gasteiger partial charge on any atom is -0.374 e. The zero-order chi connectivity index (χ0) is 7.73. The van der Waals surface area contributed by atoms with Crippen LogP contribution in [0.3, 0.4) is 0 Å². The lowest BCUT2D eigenvalue weighted by molar-refractivity contribution is -0.0189. The van der Waals surface area contributed by atoms with Crippen molar-refractivity contribution in [3.63, 3.8) is 0 Å². The van der Waals surface area contributed by atoms with Gasteiger partial charge in [0.1, 0.15) is 0 Å². The lowest BCUT2D eigenvalue weighted by atomic mass is 9.90. The van der Waals surface area contributed by atoms with Crippen LogP contribution in [0.1, 0.15) is 19.3 Å². The molecule has 1 spiro atoms. The maximum atomic E-state index is 5.81. The predicted molar refractivity (Wildman–Crippen MR) is 55.4 cm³/mol. The van der Waals surface area contributed by atoms with E-state index >= 15 is 0 Å². The molecule has 2 saturated heterocycles. The molecule has 0 radical (unpaired) electrons. The van der Waals surface area contributed by atoms with Crippen LogP contribution in [0.5, 0.6) is 0 Å². The summed E-state index contributed by atoms with van der Waals surface area (Å²) in [7, 11) is 0. The number of halogens is 2. The van der Waals surface area contributed by atoms with E-state index in [9.17, 15) is 0 Å². The molecule has 1 N–H and O–H groups in total. The van der Waals surface area contributed by atoms with Crippen LogP contribution in [0, 0.1) is 0 Å². The van der Waals surface area contributed by atoms with Crippen LogP contribution in [0.4, 0.5) is 0 Å². The molecule has 2 fully saturated rings. The van der Waals surface area contributed by atoms with E-state index in [0.29, 0.717) is 4.83 Å². The summed E-state index contributed by atoms with van der Waals surface area (Å²) in [5, 5.41) is 3.36. The largest absolute Gasteiger partial charge is 0.374 e. The molecule has 72 valence electrons. The highest BCUT2D eigenvalue weighted by Gasteiger charge is 2.39. The van der Waals surface area contributed by atoms with Crippen LogP contribution in [0.2, 0.25) is 0 Å². The van der Waals surface area contributed by atoms with Crippen LogP contribution in [-0.4, -0.2) is 30.1 Å². The summed E-state index contributed by atoms with van der Waals surface area (Å²) in [6, 6.07) is 0. The molecule has 2 aliphatic rings. The van der Waals surface area contributed by atoms with E-state index in [2.05, 4.69) is 21.2 Å². The molecule has 0 saturated carbocycles. The molecule has 1 atom stereocenters. The van der Waals surface area contributed by atoms with Gasteiger partial charge in [-0.3, -0.25) is 0 Å². The van der Waals surface area contributed by atoms with E-state index in [1.807, 2.05) is 0 Å². The zero-order valence-corrected chi connectivity index (χ0v) is 9.42. The van der Waals surface area contributed by atoms with Gasteiger partial charge < -0.3 is 10.1 Å². The number of alkyl halides is 1. The van der Waals surface area contributed by atoms with Crippen molar-refractivity contribution in [3.8, 4) is 0 Å². The second-order valence-corrected chi connectivity index (χ2v) is 4.84. The highest BCUT2D eigenvalue weighted by atomic mass is 79.9. The summed E-state index contributed by atoms with van der Waals surface area (Å²) in [6.07, 6.45) is 3.58. The van der Waals surface area contributed by atoms with Crippen LogP contribution in [0.25, 0.3) is 0 Å². The summed E-state index contributed by atoms with van der Waals surface area (Å²) < 4.78 is 5.81. The summed E-state index contributed by atoms with van der Waals surface area (Å²) in [5.74, 6) is 0. The van der Waals surface area contributed by atoms with Crippen molar-refractivity contribution in [2.24, 2.45) is 0 Å². The fourth-order valence-corrected chi connectivity index (χ4v) is 2.74. The Morgan fingerprint density at radius 2 is 2.00 bits per heavy atom. The molecule has 0 aromatic rings. The first kappa shape index (κ1) is 10.8. The second kappa shape index (κ2) is 4.27. The van der Waals surface area contributed by atoms with Crippen LogP contribution in [0.15, 0.2) is 0 Å². The summed E-state index contributed by atoms with van der Waals surface area (Å²) in [6.45, 7) is 3.15. The summed E-state index contributed by atoms with van der Waals surface area (Å²) in [4.78, 5) is 0.598. The maximum Gasteiger partial charge on any atom is 0.0718 e. The van der Waals surface area contributed by atoms with Gasteiger partial charge in [0.2, 0.25) is 0 Å². The van der Waals surface area contributed by atoms with Crippen molar-refractivity contribution in [3.05, 3.63) is 0 Å². The molecule has 2 aliphatic heterocycles. The van der Waals surface area contributed by atoms with Crippen molar-refractivity contribution < 1.29 is 4.74 Å². The van der Waals surface area contributed by atoms with Gasteiger partial charge in [-0.15, -0.1) is 12.4 Å². The van der Waals surface area contributed by atoms with Gasteiger partial charge in [-0.05, 0) is 32.4 Å². The van der Waals surface area contributed by atoms with Gasteiger partial charge in [-0.25, -0.2) is 0 Å². The predicted octanol–water partition coefficient (Wildman–Crippen LogP) is 1.71. The minimum atomic E-state index is 0. The number of hydrogen-bond donors (Lipinski definition) is 1. The molecule has 0 aromatic carbocycles. The van der Waals surface area contributed by atoms with E-state index in [-0.39, 0.29) is 18.0 Å². The number of piperidine rings is 1. The van der Waals surface area contributed by atoms with Crippen LogP contribution >= 0.6 is 28.3 Å². The highest BCUT2D eigenvalue weighted by molar-refractivity contribution is 9.09. The quantitative estimate of drug-likeness (QED) is 0.667. The highest BCUT2D eigenvalue weighted by Crippen LogP contribution is 2.36. The molecule has 0 aromatic heterocycles. The lowest BCUT2D eigenvalue weighted by Gasteiger charge is -2.32. The Morgan fingerprint density at radius 3 is 2.50 bits per heavy atom. The van der Waals surface area contributed by atoms with Crippen molar-refractivity contribution in [2.75, 3.05) is 19.7 Å². The molecular weight excluding hydrogens is 241 g/mol. The molecule has 12 heavy (non-hydrogen) atoms. The molecule has 2 heterocycles. The molecule has 0 amide bonds. The Kier molecular flexibility index (Phi) is 3.83. The molecule has 2 nitrogen and oxygen atoms in total. The topological polar surface area (TPSA) is 21.3 Å². The SMILES string of the molecule is BrC1COC2(CCNCC2)C1.Cl. The first-order chi connectivity index (χ1) is 5.31. The smallest absolute Gasteiger partial charge is 0.0718 e. The second-order valence-electron chi connectivity index (χ2n) is 3.55. The standard InChI is InChI=1S/C8H14BrNO.ClH/c9-7-5-8(11-6-7)1-3-10-4-2-8;/h7,10H,1-6H2;1H. The summed E-state index contributed by atoms with van der Waals surface area (Å²) in [5.41, 5.74) is 0.236. The molecule has 2 rings (SSSR count). The van der Waals surface area contributed by atoms with E-state index in [1.165, 1.54) is 19.3 Å². The number of ether oxygens (including phenoxy) is 1. The molecular formula is C8H15BrClNO. The Balaban J connectivity index is 0.000000720. The normalized spacial score (nSPS) is 33.2. The third kappa shape index (κ3) is 2.13. The van der Waals surface area contributed by atoms with Gasteiger partial charge in [-0.2, -0.15) is 0 Å². The van der Waals surface area contributed by atoms with Crippen molar-refractivity contribution in [1.29, 1.82) is 0 Å². The van der Waals surface area contributed by atoms with Crippen molar-refractivity contribution >= 4 is 28.3 Å². The van der Waals surface area contributed by atoms with E-state index in [0.717, 1.165) is 19.7 Å². The first-order valence-electron chi connectivity index (χ1n) is 4.30. The van der Waals surface area contributed by atoms with Crippen LogP contribution in [-0.2, 0) is 4.74 Å². The number of hydrogen-bond acceptors (Lipinski definition) is 2. The number of nitrogens with one attached hydrogen (secondary N) is 1. The molecule has 4 heteroatoms. The fraction of sp³-hybridized carbons (Fsp3) is 1.00. The molecule has 0 bridgehead atoms. The van der Waals surface area contributed by atoms with Gasteiger partial charge >= 0.3 is 0 Å². The Hall–Kier alpha value is 0.690. The third-order valence-corrected chi connectivity index (χ3v) is 3.27. The van der Waals surface area contributed by atoms with Crippen molar-refractivity contribution in [1.82, 2.24) is 5.32 Å². The maximum absolute atomic E-state index is 5.81. The average molecular weight is 257 g/mol. The van der Waals surface area contributed by atoms with Crippen molar-refractivity contribution in [2.45, 2.75) is 29.7 Å². The Bertz CT molecular complexity index is 144. The average Bonchev–Trinajstić information content (AvgIpc) is 2.34. The third-order valence-electron chi connectivity index (χ3n) is 2.68. The number of rotatable bonds is 0. The zero-order valence-electron chi connectivity index (χ0n) is 7.01. The van der Waals surface area contributed by atoms with Gasteiger partial charge in [0, 0.05) is 4.83 Å². The first-order valence-corrected chi connectivity index (χ1v) is 5.21. The van der Waals surface area contributed by atoms with E-state index in [1.54, 1.807) is 0 Å². The van der Waals surface area contributed by atoms with Gasteiger partial charge in [-0.1, -0.05) is 15.9 Å². The Morgan fingerprint density at radius 1 is 1.33 bits per heavy atom. The van der Waals surface area contributed by atoms with Crippen LogP contribution < -0.4 is 5.32 Å². The fourth-order valence-electron chi connectivity index (χ4n) is 2.02. The lowest BCUT2D eigenvalue weighted by Crippen LogP contribution is -2.41. The van der Waals surface area contributed by atoms with Gasteiger partial charge in [0.25, 0.3) is 0 Å². The summed E-state index contributed by atoms with van der Waals surface area (Å²) >= 11 is 3.60. The molecule has 1 unspecified atom stereocenters. The van der Waals surface area contributed by atoms with Gasteiger partial charge in [0.05, 0.1) is 12.2 Å². The Labute approximate surface area is 88.0 Å². The minimum absolute atomic E-state index is 0. The van der Waals surface area contributed by atoms with E-state index in [4.69, 9.17) is 4.74 Å². The monoisotopic (exact) mass is 255 g/mol. The molecule has 0 aliphatic carbocycles.